The largest absolute Gasteiger partial charge is 0.481 e. The van der Waals surface area contributed by atoms with E-state index in [1.807, 2.05) is 9.47 Å². The summed E-state index contributed by atoms with van der Waals surface area (Å²) in [7, 11) is -1.39. The summed E-state index contributed by atoms with van der Waals surface area (Å²) in [6, 6.07) is 3.06. The molecule has 2 saturated heterocycles. The molecule has 2 aromatic rings. The van der Waals surface area contributed by atoms with Crippen molar-refractivity contribution in [2.24, 2.45) is 0 Å². The minimum atomic E-state index is -1.39. The van der Waals surface area contributed by atoms with Crippen molar-refractivity contribution in [2.75, 3.05) is 31.1 Å². The highest BCUT2D eigenvalue weighted by Crippen LogP contribution is 2.38. The Kier molecular flexibility index (Phi) is 6.52. The number of anilines is 1. The van der Waals surface area contributed by atoms with Crippen molar-refractivity contribution >= 4 is 35.6 Å². The van der Waals surface area contributed by atoms with Gasteiger partial charge in [-0.3, -0.25) is 14.4 Å². The van der Waals surface area contributed by atoms with Gasteiger partial charge in [0.25, 0.3) is 5.91 Å². The van der Waals surface area contributed by atoms with Gasteiger partial charge in [0.15, 0.2) is 0 Å². The van der Waals surface area contributed by atoms with Crippen LogP contribution in [0.15, 0.2) is 23.1 Å². The summed E-state index contributed by atoms with van der Waals surface area (Å²) in [5, 5.41) is 25.2. The first-order valence-electron chi connectivity index (χ1n) is 12.0. The molecule has 1 amide bonds. The Hall–Kier alpha value is -2.96. The molecule has 35 heavy (non-hydrogen) atoms. The SMILES string of the molecule is O=C(O)CC1CCC(NC(=O)c2cn(C3CC3)c3cc(N4CCNCC4)c(F)cc3c2=O)B(O)O1. The van der Waals surface area contributed by atoms with Crippen LogP contribution in [0, 0.1) is 5.82 Å². The summed E-state index contributed by atoms with van der Waals surface area (Å²) >= 11 is 0. The fourth-order valence-electron chi connectivity index (χ4n) is 4.93. The van der Waals surface area contributed by atoms with Crippen molar-refractivity contribution in [1.82, 2.24) is 15.2 Å². The van der Waals surface area contributed by atoms with Crippen molar-refractivity contribution in [2.45, 2.75) is 50.2 Å². The predicted molar refractivity (Wildman–Crippen MR) is 127 cm³/mol. The Labute approximate surface area is 201 Å². The van der Waals surface area contributed by atoms with Crippen molar-refractivity contribution in [1.29, 1.82) is 0 Å². The Morgan fingerprint density at radius 1 is 1.20 bits per heavy atom. The average molecular weight is 486 g/mol. The van der Waals surface area contributed by atoms with Crippen molar-refractivity contribution in [3.05, 3.63) is 39.9 Å². The van der Waals surface area contributed by atoms with Gasteiger partial charge in [0.1, 0.15) is 11.4 Å². The van der Waals surface area contributed by atoms with E-state index in [1.165, 1.54) is 12.3 Å². The van der Waals surface area contributed by atoms with E-state index in [0.717, 1.165) is 25.9 Å². The number of hydrogen-bond acceptors (Lipinski definition) is 7. The molecule has 3 heterocycles. The lowest BCUT2D eigenvalue weighted by Crippen LogP contribution is -2.53. The van der Waals surface area contributed by atoms with Crippen molar-refractivity contribution in [3.63, 3.8) is 0 Å². The molecule has 0 spiro atoms. The van der Waals surface area contributed by atoms with Crippen LogP contribution in [0.3, 0.4) is 0 Å². The second kappa shape index (κ2) is 9.59. The Morgan fingerprint density at radius 2 is 1.94 bits per heavy atom. The summed E-state index contributed by atoms with van der Waals surface area (Å²) in [4.78, 5) is 39.2. The highest BCUT2D eigenvalue weighted by Gasteiger charge is 2.37. The highest BCUT2D eigenvalue weighted by molar-refractivity contribution is 6.45. The number of hydrogen-bond donors (Lipinski definition) is 4. The maximum Gasteiger partial charge on any atom is 0.478 e. The van der Waals surface area contributed by atoms with Crippen LogP contribution in [-0.2, 0) is 9.45 Å². The molecule has 1 aromatic carbocycles. The fraction of sp³-hybridized carbons (Fsp3) is 0.522. The molecule has 186 valence electrons. The fourth-order valence-corrected chi connectivity index (χ4v) is 4.93. The Bertz CT molecular complexity index is 1210. The Balaban J connectivity index is 1.44. The molecule has 1 aromatic heterocycles. The van der Waals surface area contributed by atoms with Gasteiger partial charge in [-0.25, -0.2) is 4.39 Å². The number of aromatic nitrogens is 1. The summed E-state index contributed by atoms with van der Waals surface area (Å²) in [5.41, 5.74) is 0.346. The van der Waals surface area contributed by atoms with Gasteiger partial charge < -0.3 is 34.9 Å². The molecular weight excluding hydrogens is 458 g/mol. The molecule has 2 unspecified atom stereocenters. The Morgan fingerprint density at radius 3 is 2.60 bits per heavy atom. The van der Waals surface area contributed by atoms with E-state index < -0.39 is 42.3 Å². The van der Waals surface area contributed by atoms with Gasteiger partial charge in [0.2, 0.25) is 5.43 Å². The minimum Gasteiger partial charge on any atom is -0.481 e. The van der Waals surface area contributed by atoms with Gasteiger partial charge in [-0.05, 0) is 37.8 Å². The van der Waals surface area contributed by atoms with Crippen LogP contribution in [0.4, 0.5) is 10.1 Å². The number of pyridine rings is 1. The number of aliphatic carboxylic acids is 1. The lowest BCUT2D eigenvalue weighted by molar-refractivity contribution is -0.139. The van der Waals surface area contributed by atoms with Crippen LogP contribution in [0.5, 0.6) is 0 Å². The number of nitrogens with zero attached hydrogens (tertiary/aromatic N) is 2. The first kappa shape index (κ1) is 23.8. The van der Waals surface area contributed by atoms with Crippen LogP contribution < -0.4 is 21.0 Å². The molecule has 5 rings (SSSR count). The number of fused-ring (bicyclic) bond motifs is 1. The molecule has 0 bridgehead atoms. The normalized spacial score (nSPS) is 22.9. The number of carboxylic acids is 1. The maximum absolute atomic E-state index is 15.1. The second-order valence-corrected chi connectivity index (χ2v) is 9.47. The lowest BCUT2D eigenvalue weighted by atomic mass is 9.72. The molecule has 2 atom stereocenters. The third kappa shape index (κ3) is 4.91. The van der Waals surface area contributed by atoms with E-state index in [9.17, 15) is 19.4 Å². The van der Waals surface area contributed by atoms with Gasteiger partial charge in [-0.1, -0.05) is 0 Å². The monoisotopic (exact) mass is 486 g/mol. The number of benzene rings is 1. The number of halogens is 1. The van der Waals surface area contributed by atoms with Crippen LogP contribution in [0.2, 0.25) is 0 Å². The molecule has 3 fully saturated rings. The van der Waals surface area contributed by atoms with E-state index in [4.69, 9.17) is 9.76 Å². The maximum atomic E-state index is 15.1. The zero-order valence-electron chi connectivity index (χ0n) is 19.2. The third-order valence-corrected chi connectivity index (χ3v) is 6.94. The molecule has 1 saturated carbocycles. The van der Waals surface area contributed by atoms with Crippen LogP contribution in [-0.4, -0.2) is 71.9 Å². The summed E-state index contributed by atoms with van der Waals surface area (Å²) in [6.45, 7) is 2.82. The number of carbonyl (C=O) groups excluding carboxylic acids is 1. The summed E-state index contributed by atoms with van der Waals surface area (Å²) < 4.78 is 22.3. The van der Waals surface area contributed by atoms with Crippen LogP contribution in [0.25, 0.3) is 10.9 Å². The van der Waals surface area contributed by atoms with E-state index in [1.54, 1.807) is 6.07 Å². The zero-order valence-corrected chi connectivity index (χ0v) is 19.2. The first-order chi connectivity index (χ1) is 16.8. The molecule has 4 N–H and O–H groups in total. The number of carbonyl (C=O) groups is 2. The van der Waals surface area contributed by atoms with E-state index in [0.29, 0.717) is 37.1 Å². The van der Waals surface area contributed by atoms with Gasteiger partial charge >= 0.3 is 13.1 Å². The number of carboxylic acid groups (broad SMARTS) is 1. The first-order valence-corrected chi connectivity index (χ1v) is 12.0. The molecule has 3 aliphatic rings. The number of nitrogens with one attached hydrogen (secondary N) is 2. The van der Waals surface area contributed by atoms with Crippen molar-refractivity contribution in [3.8, 4) is 0 Å². The van der Waals surface area contributed by atoms with Crippen molar-refractivity contribution < 1.29 is 28.8 Å². The predicted octanol–water partition coefficient (Wildman–Crippen LogP) is 0.657. The number of amides is 1. The lowest BCUT2D eigenvalue weighted by Gasteiger charge is -2.31. The van der Waals surface area contributed by atoms with Gasteiger partial charge in [0.05, 0.1) is 29.7 Å². The number of rotatable bonds is 6. The minimum absolute atomic E-state index is 0.126. The zero-order chi connectivity index (χ0) is 24.7. The van der Waals surface area contributed by atoms with E-state index >= 15 is 4.39 Å². The number of piperazine rings is 1. The second-order valence-electron chi connectivity index (χ2n) is 9.47. The molecule has 1 aliphatic carbocycles. The van der Waals surface area contributed by atoms with Gasteiger partial charge in [-0.15, -0.1) is 0 Å². The summed E-state index contributed by atoms with van der Waals surface area (Å²) in [6.07, 6.45) is 3.10. The van der Waals surface area contributed by atoms with Gasteiger partial charge in [0, 0.05) is 43.8 Å². The molecule has 2 aliphatic heterocycles. The average Bonchev–Trinajstić information content (AvgIpc) is 3.66. The molecule has 0 radical (unpaired) electrons. The van der Waals surface area contributed by atoms with Crippen LogP contribution in [0.1, 0.15) is 48.5 Å². The van der Waals surface area contributed by atoms with E-state index in [2.05, 4.69) is 10.6 Å². The van der Waals surface area contributed by atoms with Crippen LogP contribution >= 0.6 is 0 Å². The topological polar surface area (TPSA) is 133 Å². The molecular formula is C23H28BFN4O6. The van der Waals surface area contributed by atoms with E-state index in [-0.39, 0.29) is 23.4 Å². The molecule has 12 heteroatoms. The smallest absolute Gasteiger partial charge is 0.478 e. The third-order valence-electron chi connectivity index (χ3n) is 6.94. The highest BCUT2D eigenvalue weighted by atomic mass is 19.1. The standard InChI is InChI=1S/C23H28BFN4O6/c25-17-10-15-18(11-19(17)28-7-5-26-6-8-28)29(13-1-2-13)12-16(22(15)32)23(33)27-20-4-3-14(9-21(30)31)35-24(20)34/h10-14,20,26,34H,1-9H2,(H,27,33)(H,30,31). The summed E-state index contributed by atoms with van der Waals surface area (Å²) in [5.74, 6) is -3.00. The van der Waals surface area contributed by atoms with Gasteiger partial charge in [-0.2, -0.15) is 0 Å². The molecule has 10 nitrogen and oxygen atoms in total. The quantitative estimate of drug-likeness (QED) is 0.438.